The Morgan fingerprint density at radius 1 is 0.829 bits per heavy atom. The van der Waals surface area contributed by atoms with E-state index >= 15 is 0 Å². The van der Waals surface area contributed by atoms with Crippen LogP contribution in [-0.2, 0) is 29.9 Å². The molecule has 2 aromatic rings. The van der Waals surface area contributed by atoms with Crippen molar-refractivity contribution in [3.63, 3.8) is 0 Å². The summed E-state index contributed by atoms with van der Waals surface area (Å²) in [4.78, 5) is 17.6. The zero-order valence-electron chi connectivity index (χ0n) is 20.3. The summed E-state index contributed by atoms with van der Waals surface area (Å²) in [6.45, 7) is 5.91. The molecule has 2 rings (SSSR count). The van der Waals surface area contributed by atoms with E-state index in [1.54, 1.807) is 0 Å². The van der Waals surface area contributed by atoms with E-state index in [9.17, 15) is 31.1 Å². The quantitative estimate of drug-likeness (QED) is 0.167. The van der Waals surface area contributed by atoms with Crippen LogP contribution >= 0.6 is 0 Å². The molecule has 0 aliphatic carbocycles. The second kappa shape index (κ2) is 12.4. The molecule has 0 radical (unpaired) electrons. The van der Waals surface area contributed by atoms with Crippen molar-refractivity contribution in [1.82, 2.24) is 9.55 Å². The van der Waals surface area contributed by atoms with E-state index < -0.39 is 35.1 Å². The molecule has 35 heavy (non-hydrogen) atoms. The highest BCUT2D eigenvalue weighted by Crippen LogP contribution is 2.38. The fraction of sp³-hybridized carbons (Fsp3) is 0.600. The number of carbonyl (C=O) groups excluding carboxylic acids is 1. The number of alkyl halides is 6. The molecule has 0 amide bonds. The maximum atomic E-state index is 13.5. The number of esters is 1. The number of benzene rings is 1. The molecule has 1 aromatic carbocycles. The van der Waals surface area contributed by atoms with Crippen LogP contribution in [0.2, 0.25) is 0 Å². The van der Waals surface area contributed by atoms with E-state index in [4.69, 9.17) is 4.74 Å². The third-order valence-electron chi connectivity index (χ3n) is 5.55. The van der Waals surface area contributed by atoms with Gasteiger partial charge in [-0.2, -0.15) is 26.3 Å². The van der Waals surface area contributed by atoms with Gasteiger partial charge in [0.1, 0.15) is 5.82 Å². The first kappa shape index (κ1) is 28.7. The van der Waals surface area contributed by atoms with E-state index in [2.05, 4.69) is 4.98 Å². The number of halogens is 6. The minimum absolute atomic E-state index is 0.0763. The van der Waals surface area contributed by atoms with E-state index in [1.807, 2.05) is 20.8 Å². The Morgan fingerprint density at radius 2 is 1.37 bits per heavy atom. The van der Waals surface area contributed by atoms with Gasteiger partial charge in [-0.1, -0.05) is 46.5 Å². The predicted octanol–water partition coefficient (Wildman–Crippen LogP) is 7.94. The number of hydrogen-bond donors (Lipinski definition) is 0. The van der Waals surface area contributed by atoms with Crippen LogP contribution < -0.4 is 0 Å². The summed E-state index contributed by atoms with van der Waals surface area (Å²) in [6, 6.07) is 1.33. The highest BCUT2D eigenvalue weighted by atomic mass is 19.4. The normalized spacial score (nSPS) is 12.3. The minimum Gasteiger partial charge on any atom is -0.461 e. The molecular formula is C25H32F6N2O2. The van der Waals surface area contributed by atoms with Gasteiger partial charge in [-0.05, 0) is 43.9 Å². The molecule has 0 bridgehead atoms. The first-order valence-corrected chi connectivity index (χ1v) is 12.0. The second-order valence-electron chi connectivity index (χ2n) is 8.47. The van der Waals surface area contributed by atoms with Crippen molar-refractivity contribution in [3.8, 4) is 5.69 Å². The first-order chi connectivity index (χ1) is 16.4. The molecule has 1 heterocycles. The smallest absolute Gasteiger partial charge is 0.416 e. The van der Waals surface area contributed by atoms with E-state index in [0.717, 1.165) is 30.3 Å². The molecule has 196 valence electrons. The van der Waals surface area contributed by atoms with Gasteiger partial charge in [0.25, 0.3) is 0 Å². The van der Waals surface area contributed by atoms with E-state index in [-0.39, 0.29) is 30.6 Å². The molecule has 0 saturated carbocycles. The van der Waals surface area contributed by atoms with Gasteiger partial charge in [0.2, 0.25) is 0 Å². The predicted molar refractivity (Wildman–Crippen MR) is 121 cm³/mol. The highest BCUT2D eigenvalue weighted by molar-refractivity contribution is 5.90. The zero-order valence-corrected chi connectivity index (χ0v) is 20.3. The minimum atomic E-state index is -5.01. The summed E-state index contributed by atoms with van der Waals surface area (Å²) in [6.07, 6.45) is -4.32. The van der Waals surface area contributed by atoms with Gasteiger partial charge in [-0.15, -0.1) is 0 Å². The fourth-order valence-corrected chi connectivity index (χ4v) is 3.68. The maximum absolute atomic E-state index is 13.5. The third-order valence-corrected chi connectivity index (χ3v) is 5.55. The van der Waals surface area contributed by atoms with Crippen molar-refractivity contribution < 1.29 is 35.9 Å². The van der Waals surface area contributed by atoms with Gasteiger partial charge in [0.15, 0.2) is 5.69 Å². The van der Waals surface area contributed by atoms with Gasteiger partial charge in [-0.25, -0.2) is 9.78 Å². The van der Waals surface area contributed by atoms with E-state index in [0.29, 0.717) is 43.5 Å². The van der Waals surface area contributed by atoms with Crippen LogP contribution in [0, 0.1) is 0 Å². The molecule has 0 N–H and O–H groups in total. The number of ether oxygens (including phenoxy) is 1. The number of rotatable bonds is 12. The average Bonchev–Trinajstić information content (AvgIpc) is 3.15. The lowest BCUT2D eigenvalue weighted by atomic mass is 10.1. The molecule has 1 aromatic heterocycles. The molecule has 0 aliphatic rings. The van der Waals surface area contributed by atoms with Crippen LogP contribution in [-0.4, -0.2) is 22.1 Å². The van der Waals surface area contributed by atoms with Crippen LogP contribution in [0.4, 0.5) is 26.3 Å². The average molecular weight is 507 g/mol. The topological polar surface area (TPSA) is 44.1 Å². The number of unbranched alkanes of at least 4 members (excludes halogenated alkanes) is 4. The monoisotopic (exact) mass is 506 g/mol. The third kappa shape index (κ3) is 7.73. The van der Waals surface area contributed by atoms with Crippen LogP contribution in [0.25, 0.3) is 5.69 Å². The molecule has 0 fully saturated rings. The summed E-state index contributed by atoms with van der Waals surface area (Å²) in [5.74, 6) is -0.556. The van der Waals surface area contributed by atoms with Crippen molar-refractivity contribution in [3.05, 3.63) is 46.5 Å². The Kier molecular flexibility index (Phi) is 10.2. The Balaban J connectivity index is 2.76. The lowest BCUT2D eigenvalue weighted by molar-refractivity contribution is -0.143. The van der Waals surface area contributed by atoms with Gasteiger partial charge >= 0.3 is 18.3 Å². The van der Waals surface area contributed by atoms with Crippen molar-refractivity contribution >= 4 is 5.97 Å². The molecule has 0 spiro atoms. The molecule has 10 heteroatoms. The Bertz CT molecular complexity index is 947. The Hall–Kier alpha value is -2.52. The van der Waals surface area contributed by atoms with Gasteiger partial charge < -0.3 is 4.74 Å². The SMILES string of the molecule is CCCCCOC(=O)c1c(CCCC)nc(CCCC)n1-c1cc(C(F)(F)F)cc(C(F)(F)F)c1. The Labute approximate surface area is 201 Å². The van der Waals surface area contributed by atoms with Crippen LogP contribution in [0.3, 0.4) is 0 Å². The lowest BCUT2D eigenvalue weighted by Gasteiger charge is -2.17. The van der Waals surface area contributed by atoms with Gasteiger partial charge in [0.05, 0.1) is 23.4 Å². The van der Waals surface area contributed by atoms with Gasteiger partial charge in [0, 0.05) is 12.1 Å². The molecule has 0 unspecified atom stereocenters. The molecule has 0 aliphatic heterocycles. The number of aryl methyl sites for hydroxylation is 2. The summed E-state index contributed by atoms with van der Waals surface area (Å²) < 4.78 is 87.8. The van der Waals surface area contributed by atoms with Crippen molar-refractivity contribution in [2.75, 3.05) is 6.61 Å². The van der Waals surface area contributed by atoms with Crippen molar-refractivity contribution in [2.24, 2.45) is 0 Å². The number of nitrogens with zero attached hydrogens (tertiary/aromatic N) is 2. The van der Waals surface area contributed by atoms with Crippen LogP contribution in [0.5, 0.6) is 0 Å². The summed E-state index contributed by atoms with van der Waals surface area (Å²) >= 11 is 0. The molecule has 0 atom stereocenters. The Morgan fingerprint density at radius 3 is 1.89 bits per heavy atom. The number of carbonyl (C=O) groups is 1. The summed E-state index contributed by atoms with van der Waals surface area (Å²) in [7, 11) is 0. The number of aromatic nitrogens is 2. The van der Waals surface area contributed by atoms with Crippen LogP contribution in [0.1, 0.15) is 98.9 Å². The summed E-state index contributed by atoms with van der Waals surface area (Å²) in [5.41, 5.74) is -3.09. The fourth-order valence-electron chi connectivity index (χ4n) is 3.68. The highest BCUT2D eigenvalue weighted by Gasteiger charge is 2.38. The standard InChI is InChI=1S/C25H32F6N2O2/c1-4-7-10-13-35-23(34)22-20(11-8-5-2)32-21(12-9-6-3)33(22)19-15-17(24(26,27)28)14-18(16-19)25(29,30)31/h14-16H,4-13H2,1-3H3. The second-order valence-corrected chi connectivity index (χ2v) is 8.47. The van der Waals surface area contributed by atoms with Crippen molar-refractivity contribution in [1.29, 1.82) is 0 Å². The number of hydrogen-bond acceptors (Lipinski definition) is 3. The van der Waals surface area contributed by atoms with Crippen molar-refractivity contribution in [2.45, 2.75) is 90.9 Å². The summed E-state index contributed by atoms with van der Waals surface area (Å²) in [5, 5.41) is 0. The van der Waals surface area contributed by atoms with Crippen LogP contribution in [0.15, 0.2) is 18.2 Å². The molecule has 4 nitrogen and oxygen atoms in total. The largest absolute Gasteiger partial charge is 0.461 e. The molecular weight excluding hydrogens is 474 g/mol. The van der Waals surface area contributed by atoms with Gasteiger partial charge in [-0.3, -0.25) is 4.57 Å². The lowest BCUT2D eigenvalue weighted by Crippen LogP contribution is -2.18. The zero-order chi connectivity index (χ0) is 26.2. The number of imidazole rings is 1. The van der Waals surface area contributed by atoms with E-state index in [1.165, 1.54) is 0 Å². The first-order valence-electron chi connectivity index (χ1n) is 12.0. The maximum Gasteiger partial charge on any atom is 0.416 e. The molecule has 0 saturated heterocycles.